The molecule has 0 bridgehead atoms. The number of nitrogens with zero attached hydrogens (tertiary/aromatic N) is 2. The van der Waals surface area contributed by atoms with Crippen molar-refractivity contribution in [3.8, 4) is 0 Å². The van der Waals surface area contributed by atoms with Crippen molar-refractivity contribution in [2.45, 2.75) is 58.9 Å². The molecule has 0 aromatic carbocycles. The van der Waals surface area contributed by atoms with Crippen molar-refractivity contribution in [1.82, 2.24) is 4.90 Å². The summed E-state index contributed by atoms with van der Waals surface area (Å²) in [5, 5.41) is 0. The van der Waals surface area contributed by atoms with Crippen molar-refractivity contribution in [2.75, 3.05) is 13.1 Å². The van der Waals surface area contributed by atoms with Crippen LogP contribution in [0, 0.1) is 0 Å². The molecule has 0 unspecified atom stereocenters. The fourth-order valence-corrected chi connectivity index (χ4v) is 2.42. The molecule has 0 amide bonds. The Labute approximate surface area is 105 Å². The third kappa shape index (κ3) is 4.60. The minimum absolute atomic E-state index is 0.537. The van der Waals surface area contributed by atoms with Crippen LogP contribution in [0.1, 0.15) is 52.9 Å². The third-order valence-corrected chi connectivity index (χ3v) is 3.46. The summed E-state index contributed by atoms with van der Waals surface area (Å²) in [4.78, 5) is 8.18. The van der Waals surface area contributed by atoms with Crippen LogP contribution < -0.4 is 0 Å². The molecule has 2 nitrogen and oxygen atoms in total. The van der Waals surface area contributed by atoms with Crippen molar-refractivity contribution < 1.29 is 0 Å². The Morgan fingerprint density at radius 2 is 1.94 bits per heavy atom. The quantitative estimate of drug-likeness (QED) is 0.552. The molecular formula is C13H24N2S. The van der Waals surface area contributed by atoms with E-state index < -0.39 is 0 Å². The highest BCUT2D eigenvalue weighted by atomic mass is 32.1. The van der Waals surface area contributed by atoms with E-state index in [1.54, 1.807) is 0 Å². The van der Waals surface area contributed by atoms with E-state index in [1.807, 2.05) is 0 Å². The lowest BCUT2D eigenvalue weighted by Crippen LogP contribution is -2.38. The first-order valence-electron chi connectivity index (χ1n) is 6.42. The summed E-state index contributed by atoms with van der Waals surface area (Å²) in [7, 11) is 0. The number of hydrogen-bond donors (Lipinski definition) is 0. The van der Waals surface area contributed by atoms with Crippen LogP contribution in [-0.2, 0) is 0 Å². The second-order valence-electron chi connectivity index (χ2n) is 4.79. The fraction of sp³-hybridized carbons (Fsp3) is 0.846. The van der Waals surface area contributed by atoms with Gasteiger partial charge in [0.2, 0.25) is 0 Å². The number of piperidine rings is 1. The zero-order valence-electron chi connectivity index (χ0n) is 10.8. The number of rotatable bonds is 4. The van der Waals surface area contributed by atoms with Crippen molar-refractivity contribution >= 4 is 22.9 Å². The molecular weight excluding hydrogens is 216 g/mol. The lowest BCUT2D eigenvalue weighted by molar-refractivity contribution is 0.314. The monoisotopic (exact) mass is 240 g/mol. The highest BCUT2D eigenvalue weighted by Crippen LogP contribution is 2.16. The maximum Gasteiger partial charge on any atom is 0.0779 e. The Kier molecular flexibility index (Phi) is 5.96. The summed E-state index contributed by atoms with van der Waals surface area (Å²) < 4.78 is 0. The van der Waals surface area contributed by atoms with Crippen LogP contribution in [0.25, 0.3) is 0 Å². The Morgan fingerprint density at radius 1 is 1.31 bits per heavy atom. The molecule has 92 valence electrons. The highest BCUT2D eigenvalue weighted by Gasteiger charge is 2.19. The van der Waals surface area contributed by atoms with Crippen LogP contribution in [0.3, 0.4) is 0 Å². The van der Waals surface area contributed by atoms with Gasteiger partial charge in [-0.15, -0.1) is 0 Å². The lowest BCUT2D eigenvalue weighted by atomic mass is 10.0. The maximum atomic E-state index is 5.46. The summed E-state index contributed by atoms with van der Waals surface area (Å²) in [6.45, 7) is 8.58. The standard InChI is InChI=1S/C13H24N2S/c1-4-5-6-13(16)15-9-7-12(8-10-15)14-11(2)3/h12H,4-10H2,1-3H3. The Hall–Kier alpha value is -0.440. The molecule has 0 atom stereocenters. The average Bonchev–Trinajstić information content (AvgIpc) is 2.26. The molecule has 1 heterocycles. The largest absolute Gasteiger partial charge is 0.366 e. The molecule has 0 saturated carbocycles. The SMILES string of the molecule is CCCCC(=S)N1CCC(N=C(C)C)CC1. The Bertz CT molecular complexity index is 249. The van der Waals surface area contributed by atoms with E-state index in [-0.39, 0.29) is 0 Å². The molecule has 0 N–H and O–H groups in total. The van der Waals surface area contributed by atoms with Gasteiger partial charge in [-0.2, -0.15) is 0 Å². The molecule has 1 aliphatic heterocycles. The molecule has 16 heavy (non-hydrogen) atoms. The number of likely N-dealkylation sites (tertiary alicyclic amines) is 1. The van der Waals surface area contributed by atoms with Crippen molar-refractivity contribution in [3.05, 3.63) is 0 Å². The van der Waals surface area contributed by atoms with Crippen molar-refractivity contribution in [2.24, 2.45) is 4.99 Å². The van der Waals surface area contributed by atoms with Gasteiger partial charge in [0.1, 0.15) is 0 Å². The number of unbranched alkanes of at least 4 members (excludes halogenated alkanes) is 1. The number of hydrogen-bond acceptors (Lipinski definition) is 2. The smallest absolute Gasteiger partial charge is 0.0779 e. The van der Waals surface area contributed by atoms with E-state index >= 15 is 0 Å². The zero-order chi connectivity index (χ0) is 12.0. The van der Waals surface area contributed by atoms with E-state index in [2.05, 4.69) is 30.7 Å². The Morgan fingerprint density at radius 3 is 2.44 bits per heavy atom. The first-order chi connectivity index (χ1) is 7.63. The summed E-state index contributed by atoms with van der Waals surface area (Å²) in [6, 6.07) is 0.537. The summed E-state index contributed by atoms with van der Waals surface area (Å²) in [6.07, 6.45) is 5.88. The number of thiocarbonyl (C=S) groups is 1. The molecule has 1 fully saturated rings. The first kappa shape index (κ1) is 13.6. The summed E-state index contributed by atoms with van der Waals surface area (Å²) in [5.41, 5.74) is 1.20. The van der Waals surface area contributed by atoms with Gasteiger partial charge < -0.3 is 4.90 Å². The molecule has 1 aliphatic rings. The van der Waals surface area contributed by atoms with E-state index in [9.17, 15) is 0 Å². The second kappa shape index (κ2) is 7.00. The molecule has 1 rings (SSSR count). The van der Waals surface area contributed by atoms with E-state index in [1.165, 1.54) is 18.6 Å². The van der Waals surface area contributed by atoms with Gasteiger partial charge in [0.05, 0.1) is 11.0 Å². The minimum Gasteiger partial charge on any atom is -0.366 e. The van der Waals surface area contributed by atoms with E-state index in [4.69, 9.17) is 12.2 Å². The molecule has 0 aromatic rings. The van der Waals surface area contributed by atoms with Gasteiger partial charge in [-0.05, 0) is 39.5 Å². The topological polar surface area (TPSA) is 15.6 Å². The molecule has 1 saturated heterocycles. The van der Waals surface area contributed by atoms with E-state index in [0.717, 1.165) is 37.3 Å². The summed E-state index contributed by atoms with van der Waals surface area (Å²) >= 11 is 5.46. The molecule has 0 aromatic heterocycles. The second-order valence-corrected chi connectivity index (χ2v) is 5.26. The normalized spacial score (nSPS) is 17.3. The molecule has 3 heteroatoms. The molecule has 0 radical (unpaired) electrons. The van der Waals surface area contributed by atoms with Crippen LogP contribution in [0.15, 0.2) is 4.99 Å². The van der Waals surface area contributed by atoms with Gasteiger partial charge >= 0.3 is 0 Å². The van der Waals surface area contributed by atoms with Gasteiger partial charge in [0.15, 0.2) is 0 Å². The maximum absolute atomic E-state index is 5.46. The molecule has 0 aliphatic carbocycles. The van der Waals surface area contributed by atoms with Crippen LogP contribution >= 0.6 is 12.2 Å². The summed E-state index contributed by atoms with van der Waals surface area (Å²) in [5.74, 6) is 0. The van der Waals surface area contributed by atoms with Crippen LogP contribution in [-0.4, -0.2) is 34.7 Å². The number of aliphatic imine (C=N–C) groups is 1. The first-order valence-corrected chi connectivity index (χ1v) is 6.83. The van der Waals surface area contributed by atoms with Gasteiger partial charge in [0, 0.05) is 18.8 Å². The van der Waals surface area contributed by atoms with Gasteiger partial charge in [-0.3, -0.25) is 4.99 Å². The minimum atomic E-state index is 0.537. The van der Waals surface area contributed by atoms with Gasteiger partial charge in [-0.1, -0.05) is 25.6 Å². The highest BCUT2D eigenvalue weighted by molar-refractivity contribution is 7.80. The van der Waals surface area contributed by atoms with Crippen molar-refractivity contribution in [3.63, 3.8) is 0 Å². The molecule has 0 spiro atoms. The zero-order valence-corrected chi connectivity index (χ0v) is 11.6. The van der Waals surface area contributed by atoms with Crippen LogP contribution in [0.5, 0.6) is 0 Å². The third-order valence-electron chi connectivity index (χ3n) is 3.00. The predicted octanol–water partition coefficient (Wildman–Crippen LogP) is 3.45. The van der Waals surface area contributed by atoms with Crippen LogP contribution in [0.2, 0.25) is 0 Å². The van der Waals surface area contributed by atoms with Crippen LogP contribution in [0.4, 0.5) is 0 Å². The fourth-order valence-electron chi connectivity index (χ4n) is 2.10. The average molecular weight is 240 g/mol. The lowest BCUT2D eigenvalue weighted by Gasteiger charge is -2.32. The van der Waals surface area contributed by atoms with Gasteiger partial charge in [-0.25, -0.2) is 0 Å². The van der Waals surface area contributed by atoms with E-state index in [0.29, 0.717) is 6.04 Å². The Balaban J connectivity index is 2.31. The van der Waals surface area contributed by atoms with Gasteiger partial charge in [0.25, 0.3) is 0 Å². The predicted molar refractivity (Wildman–Crippen MR) is 75.5 cm³/mol. The van der Waals surface area contributed by atoms with Crippen molar-refractivity contribution in [1.29, 1.82) is 0 Å².